The quantitative estimate of drug-likeness (QED) is 0.831. The van der Waals surface area contributed by atoms with Gasteiger partial charge in [-0.15, -0.1) is 0 Å². The molecule has 1 aromatic rings. The van der Waals surface area contributed by atoms with Crippen molar-refractivity contribution in [1.82, 2.24) is 10.0 Å². The topological polar surface area (TPSA) is 58.2 Å². The molecule has 0 aliphatic rings. The van der Waals surface area contributed by atoms with Crippen LogP contribution in [0.2, 0.25) is 0 Å². The number of sulfonamides is 1. The van der Waals surface area contributed by atoms with Gasteiger partial charge in [-0.3, -0.25) is 0 Å². The summed E-state index contributed by atoms with van der Waals surface area (Å²) >= 11 is 0. The van der Waals surface area contributed by atoms with Gasteiger partial charge >= 0.3 is 0 Å². The highest BCUT2D eigenvalue weighted by Crippen LogP contribution is 2.16. The van der Waals surface area contributed by atoms with Crippen molar-refractivity contribution < 1.29 is 8.42 Å². The Morgan fingerprint density at radius 2 is 1.67 bits per heavy atom. The van der Waals surface area contributed by atoms with E-state index in [0.717, 1.165) is 12.1 Å². The van der Waals surface area contributed by atoms with Gasteiger partial charge in [0.2, 0.25) is 10.0 Å². The molecule has 1 aromatic carbocycles. The van der Waals surface area contributed by atoms with E-state index in [4.69, 9.17) is 0 Å². The fraction of sp³-hybridized carbons (Fsp3) is 0.538. The molecule has 0 saturated heterocycles. The Morgan fingerprint density at radius 1 is 1.11 bits per heavy atom. The molecule has 1 atom stereocenters. The lowest BCUT2D eigenvalue weighted by atomic mass is 10.1. The maximum absolute atomic E-state index is 11.9. The smallest absolute Gasteiger partial charge is 0.240 e. The molecule has 18 heavy (non-hydrogen) atoms. The number of benzene rings is 1. The van der Waals surface area contributed by atoms with Crippen LogP contribution in [0.1, 0.15) is 39.3 Å². The third-order valence-electron chi connectivity index (χ3n) is 2.59. The zero-order chi connectivity index (χ0) is 13.8. The van der Waals surface area contributed by atoms with Crippen LogP contribution in [-0.4, -0.2) is 21.0 Å². The molecule has 0 saturated carbocycles. The summed E-state index contributed by atoms with van der Waals surface area (Å²) in [5, 5.41) is 3.29. The Kier molecular flexibility index (Phi) is 5.31. The molecule has 1 unspecified atom stereocenters. The van der Waals surface area contributed by atoms with Crippen LogP contribution in [0.3, 0.4) is 0 Å². The summed E-state index contributed by atoms with van der Waals surface area (Å²) < 4.78 is 26.4. The lowest BCUT2D eigenvalue weighted by Crippen LogP contribution is -2.30. The molecule has 1 rings (SSSR count). The Morgan fingerprint density at radius 3 is 2.11 bits per heavy atom. The SMILES string of the molecule is CCNC(C)c1ccc(S(=O)(=O)NC(C)C)cc1. The number of hydrogen-bond donors (Lipinski definition) is 2. The van der Waals surface area contributed by atoms with Crippen molar-refractivity contribution in [2.45, 2.75) is 44.7 Å². The van der Waals surface area contributed by atoms with E-state index >= 15 is 0 Å². The van der Waals surface area contributed by atoms with Crippen molar-refractivity contribution in [3.8, 4) is 0 Å². The molecule has 0 spiro atoms. The zero-order valence-corrected chi connectivity index (χ0v) is 12.2. The lowest BCUT2D eigenvalue weighted by molar-refractivity contribution is 0.569. The molecule has 0 radical (unpaired) electrons. The maximum atomic E-state index is 11.9. The largest absolute Gasteiger partial charge is 0.310 e. The molecule has 0 aliphatic carbocycles. The van der Waals surface area contributed by atoms with Gasteiger partial charge in [0.25, 0.3) is 0 Å². The Balaban J connectivity index is 2.89. The van der Waals surface area contributed by atoms with Gasteiger partial charge in [0.05, 0.1) is 4.90 Å². The van der Waals surface area contributed by atoms with Crippen molar-refractivity contribution in [2.24, 2.45) is 0 Å². The van der Waals surface area contributed by atoms with Crippen molar-refractivity contribution in [3.63, 3.8) is 0 Å². The van der Waals surface area contributed by atoms with Gasteiger partial charge in [-0.1, -0.05) is 19.1 Å². The van der Waals surface area contributed by atoms with Crippen LogP contribution in [0.25, 0.3) is 0 Å². The van der Waals surface area contributed by atoms with Gasteiger partial charge in [0, 0.05) is 12.1 Å². The summed E-state index contributed by atoms with van der Waals surface area (Å²) in [6, 6.07) is 7.12. The van der Waals surface area contributed by atoms with E-state index in [1.165, 1.54) is 0 Å². The third kappa shape index (κ3) is 4.08. The van der Waals surface area contributed by atoms with Crippen molar-refractivity contribution in [3.05, 3.63) is 29.8 Å². The third-order valence-corrected chi connectivity index (χ3v) is 4.27. The molecule has 0 aliphatic heterocycles. The van der Waals surface area contributed by atoms with Crippen molar-refractivity contribution in [1.29, 1.82) is 0 Å². The summed E-state index contributed by atoms with van der Waals surface area (Å²) in [7, 11) is -3.38. The molecule has 0 aromatic heterocycles. The van der Waals surface area contributed by atoms with Crippen LogP contribution in [-0.2, 0) is 10.0 Å². The second-order valence-electron chi connectivity index (χ2n) is 4.62. The number of hydrogen-bond acceptors (Lipinski definition) is 3. The number of nitrogens with one attached hydrogen (secondary N) is 2. The van der Waals surface area contributed by atoms with Crippen LogP contribution >= 0.6 is 0 Å². The molecule has 4 nitrogen and oxygen atoms in total. The van der Waals surface area contributed by atoms with E-state index in [0.29, 0.717) is 4.90 Å². The van der Waals surface area contributed by atoms with Gasteiger partial charge in [0.15, 0.2) is 0 Å². The van der Waals surface area contributed by atoms with Crippen LogP contribution in [0, 0.1) is 0 Å². The van der Waals surface area contributed by atoms with Crippen molar-refractivity contribution >= 4 is 10.0 Å². The lowest BCUT2D eigenvalue weighted by Gasteiger charge is -2.14. The highest BCUT2D eigenvalue weighted by Gasteiger charge is 2.15. The van der Waals surface area contributed by atoms with Gasteiger partial charge in [-0.25, -0.2) is 13.1 Å². The van der Waals surface area contributed by atoms with E-state index in [-0.39, 0.29) is 12.1 Å². The minimum Gasteiger partial charge on any atom is -0.310 e. The normalized spacial score (nSPS) is 13.8. The second-order valence-corrected chi connectivity index (χ2v) is 6.34. The average molecular weight is 270 g/mol. The molecule has 0 bridgehead atoms. The van der Waals surface area contributed by atoms with Gasteiger partial charge in [-0.05, 0) is 45.0 Å². The number of rotatable bonds is 6. The van der Waals surface area contributed by atoms with Crippen LogP contribution in [0.15, 0.2) is 29.2 Å². The van der Waals surface area contributed by atoms with Crippen LogP contribution < -0.4 is 10.0 Å². The van der Waals surface area contributed by atoms with E-state index < -0.39 is 10.0 Å². The van der Waals surface area contributed by atoms with E-state index in [1.807, 2.05) is 19.1 Å². The Labute approximate surface area is 110 Å². The summed E-state index contributed by atoms with van der Waals surface area (Å²) in [6.07, 6.45) is 0. The molecular weight excluding hydrogens is 248 g/mol. The summed E-state index contributed by atoms with van der Waals surface area (Å²) in [4.78, 5) is 0.309. The first-order valence-electron chi connectivity index (χ1n) is 6.22. The molecule has 5 heteroatoms. The second kappa shape index (κ2) is 6.31. The predicted octanol–water partition coefficient (Wildman–Crippen LogP) is 2.04. The molecule has 0 fully saturated rings. The molecule has 0 heterocycles. The summed E-state index contributed by atoms with van der Waals surface area (Å²) in [5.41, 5.74) is 1.08. The molecule has 2 N–H and O–H groups in total. The minimum absolute atomic E-state index is 0.102. The van der Waals surface area contributed by atoms with E-state index in [1.54, 1.807) is 26.0 Å². The van der Waals surface area contributed by atoms with Crippen molar-refractivity contribution in [2.75, 3.05) is 6.54 Å². The average Bonchev–Trinajstić information content (AvgIpc) is 2.28. The van der Waals surface area contributed by atoms with Crippen LogP contribution in [0.4, 0.5) is 0 Å². The first kappa shape index (κ1) is 15.1. The first-order valence-corrected chi connectivity index (χ1v) is 7.70. The monoisotopic (exact) mass is 270 g/mol. The van der Waals surface area contributed by atoms with Crippen LogP contribution in [0.5, 0.6) is 0 Å². The fourth-order valence-corrected chi connectivity index (χ4v) is 2.99. The Hall–Kier alpha value is -0.910. The van der Waals surface area contributed by atoms with E-state index in [9.17, 15) is 8.42 Å². The molecule has 102 valence electrons. The summed E-state index contributed by atoms with van der Waals surface area (Å²) in [6.45, 7) is 8.59. The highest BCUT2D eigenvalue weighted by molar-refractivity contribution is 7.89. The summed E-state index contributed by atoms with van der Waals surface area (Å²) in [5.74, 6) is 0. The highest BCUT2D eigenvalue weighted by atomic mass is 32.2. The fourth-order valence-electron chi connectivity index (χ4n) is 1.74. The maximum Gasteiger partial charge on any atom is 0.240 e. The predicted molar refractivity (Wildman–Crippen MR) is 74.0 cm³/mol. The minimum atomic E-state index is -3.38. The van der Waals surface area contributed by atoms with Gasteiger partial charge in [-0.2, -0.15) is 0 Å². The van der Waals surface area contributed by atoms with Gasteiger partial charge < -0.3 is 5.32 Å². The Bertz CT molecular complexity index is 466. The first-order chi connectivity index (χ1) is 8.36. The zero-order valence-electron chi connectivity index (χ0n) is 11.4. The molecular formula is C13H22N2O2S. The van der Waals surface area contributed by atoms with E-state index in [2.05, 4.69) is 17.0 Å². The van der Waals surface area contributed by atoms with Gasteiger partial charge in [0.1, 0.15) is 0 Å². The standard InChI is InChI=1S/C13H22N2O2S/c1-5-14-11(4)12-6-8-13(9-7-12)18(16,17)15-10(2)3/h6-11,14-15H,5H2,1-4H3. The molecule has 0 amide bonds.